The summed E-state index contributed by atoms with van der Waals surface area (Å²) >= 11 is 3.40. The average molecular weight is 284 g/mol. The van der Waals surface area contributed by atoms with Crippen LogP contribution in [0.15, 0.2) is 22.9 Å². The summed E-state index contributed by atoms with van der Waals surface area (Å²) in [6, 6.07) is 1.90. The van der Waals surface area contributed by atoms with Crippen molar-refractivity contribution in [3.63, 3.8) is 0 Å². The highest BCUT2D eigenvalue weighted by molar-refractivity contribution is 9.10. The first-order valence-corrected chi connectivity index (χ1v) is 6.18. The highest BCUT2D eigenvalue weighted by Gasteiger charge is 2.28. The van der Waals surface area contributed by atoms with Crippen LogP contribution in [0.3, 0.4) is 0 Å². The van der Waals surface area contributed by atoms with Crippen LogP contribution in [-0.2, 0) is 4.79 Å². The van der Waals surface area contributed by atoms with Gasteiger partial charge in [0.15, 0.2) is 0 Å². The number of carbonyl (C=O) groups is 1. The smallest absolute Gasteiger partial charge is 0.223 e. The summed E-state index contributed by atoms with van der Waals surface area (Å²) < 4.78 is 0.934. The zero-order chi connectivity index (χ0) is 11.4. The third-order valence-electron chi connectivity index (χ3n) is 2.46. The Labute approximate surface area is 103 Å². The summed E-state index contributed by atoms with van der Waals surface area (Å²) in [5.74, 6) is 0.475. The van der Waals surface area contributed by atoms with Crippen LogP contribution in [0.25, 0.3) is 0 Å². The molecule has 2 N–H and O–H groups in total. The normalized spacial score (nSPS) is 14.6. The van der Waals surface area contributed by atoms with Crippen LogP contribution in [0.2, 0.25) is 0 Å². The number of anilines is 1. The number of rotatable bonds is 5. The maximum atomic E-state index is 11.3. The Hall–Kier alpha value is -1.10. The van der Waals surface area contributed by atoms with Crippen molar-refractivity contribution in [3.8, 4) is 0 Å². The van der Waals surface area contributed by atoms with Crippen LogP contribution in [0.4, 0.5) is 5.69 Å². The van der Waals surface area contributed by atoms with Gasteiger partial charge in [-0.2, -0.15) is 0 Å². The van der Waals surface area contributed by atoms with Gasteiger partial charge in [0.05, 0.1) is 10.2 Å². The highest BCUT2D eigenvalue weighted by atomic mass is 79.9. The van der Waals surface area contributed by atoms with E-state index in [-0.39, 0.29) is 11.8 Å². The van der Waals surface area contributed by atoms with Gasteiger partial charge in [-0.05, 0) is 34.8 Å². The van der Waals surface area contributed by atoms with Crippen molar-refractivity contribution in [2.45, 2.75) is 12.8 Å². The predicted molar refractivity (Wildman–Crippen MR) is 66.2 cm³/mol. The number of pyridine rings is 1. The molecule has 1 aromatic rings. The fourth-order valence-electron chi connectivity index (χ4n) is 1.39. The van der Waals surface area contributed by atoms with E-state index >= 15 is 0 Å². The fraction of sp³-hybridized carbons (Fsp3) is 0.455. The molecule has 0 atom stereocenters. The van der Waals surface area contributed by atoms with Crippen LogP contribution in [0, 0.1) is 5.92 Å². The minimum Gasteiger partial charge on any atom is -0.382 e. The molecule has 86 valence electrons. The minimum absolute atomic E-state index is 0.190. The fourth-order valence-corrected chi connectivity index (χ4v) is 1.78. The molecule has 4 nitrogen and oxygen atoms in total. The number of nitrogens with one attached hydrogen (secondary N) is 2. The molecule has 1 aliphatic carbocycles. The number of carbonyl (C=O) groups excluding carboxylic acids is 1. The standard InChI is InChI=1S/C11H14BrN3O/c12-9-7-13-4-3-10(9)14-5-6-15-11(16)8-1-2-8/h3-4,7-8H,1-2,5-6H2,(H,13,14)(H,15,16). The zero-order valence-corrected chi connectivity index (χ0v) is 10.5. The van der Waals surface area contributed by atoms with Gasteiger partial charge in [0.25, 0.3) is 0 Å². The lowest BCUT2D eigenvalue weighted by Crippen LogP contribution is -2.29. The lowest BCUT2D eigenvalue weighted by atomic mass is 10.4. The molecular weight excluding hydrogens is 270 g/mol. The number of halogens is 1. The summed E-state index contributed by atoms with van der Waals surface area (Å²) in [6.07, 6.45) is 5.57. The third-order valence-corrected chi connectivity index (χ3v) is 3.09. The Morgan fingerprint density at radius 3 is 3.00 bits per heavy atom. The molecule has 5 heteroatoms. The second kappa shape index (κ2) is 5.30. The quantitative estimate of drug-likeness (QED) is 0.810. The number of amides is 1. The van der Waals surface area contributed by atoms with Crippen molar-refractivity contribution in [3.05, 3.63) is 22.9 Å². The van der Waals surface area contributed by atoms with Gasteiger partial charge in [-0.15, -0.1) is 0 Å². The van der Waals surface area contributed by atoms with Crippen molar-refractivity contribution in [1.29, 1.82) is 0 Å². The Bertz CT molecular complexity index is 379. The van der Waals surface area contributed by atoms with E-state index in [1.54, 1.807) is 12.4 Å². The monoisotopic (exact) mass is 283 g/mol. The summed E-state index contributed by atoms with van der Waals surface area (Å²) in [5, 5.41) is 6.13. The third kappa shape index (κ3) is 3.20. The van der Waals surface area contributed by atoms with E-state index in [0.717, 1.165) is 29.5 Å². The van der Waals surface area contributed by atoms with Crippen LogP contribution < -0.4 is 10.6 Å². The van der Waals surface area contributed by atoms with Gasteiger partial charge >= 0.3 is 0 Å². The SMILES string of the molecule is O=C(NCCNc1ccncc1Br)C1CC1. The number of aromatic nitrogens is 1. The number of nitrogens with zero attached hydrogens (tertiary/aromatic N) is 1. The van der Waals surface area contributed by atoms with E-state index in [9.17, 15) is 4.79 Å². The first-order valence-electron chi connectivity index (χ1n) is 5.38. The van der Waals surface area contributed by atoms with Gasteiger partial charge in [-0.25, -0.2) is 0 Å². The van der Waals surface area contributed by atoms with E-state index in [1.807, 2.05) is 6.07 Å². The maximum absolute atomic E-state index is 11.3. The molecule has 0 aromatic carbocycles. The van der Waals surface area contributed by atoms with Gasteiger partial charge in [-0.1, -0.05) is 0 Å². The van der Waals surface area contributed by atoms with E-state index in [2.05, 4.69) is 31.5 Å². The Morgan fingerprint density at radius 1 is 1.50 bits per heavy atom. The summed E-state index contributed by atoms with van der Waals surface area (Å²) in [6.45, 7) is 1.38. The summed E-state index contributed by atoms with van der Waals surface area (Å²) in [4.78, 5) is 15.3. The first-order chi connectivity index (χ1) is 7.77. The van der Waals surface area contributed by atoms with Crippen molar-refractivity contribution in [1.82, 2.24) is 10.3 Å². The van der Waals surface area contributed by atoms with Crippen LogP contribution in [0.1, 0.15) is 12.8 Å². The molecular formula is C11H14BrN3O. The van der Waals surface area contributed by atoms with Crippen LogP contribution in [0.5, 0.6) is 0 Å². The molecule has 1 aromatic heterocycles. The highest BCUT2D eigenvalue weighted by Crippen LogP contribution is 2.28. The topological polar surface area (TPSA) is 54.0 Å². The summed E-state index contributed by atoms with van der Waals surface area (Å²) in [5.41, 5.74) is 0.996. The van der Waals surface area contributed by atoms with Gasteiger partial charge in [-0.3, -0.25) is 9.78 Å². The second-order valence-corrected chi connectivity index (χ2v) is 4.70. The molecule has 0 radical (unpaired) electrons. The molecule has 2 rings (SSSR count). The van der Waals surface area contributed by atoms with E-state index in [4.69, 9.17) is 0 Å². The minimum atomic E-state index is 0.190. The lowest BCUT2D eigenvalue weighted by Gasteiger charge is -2.08. The molecule has 1 heterocycles. The predicted octanol–water partition coefficient (Wildman–Crippen LogP) is 1.78. The van der Waals surface area contributed by atoms with Crippen molar-refractivity contribution in [2.75, 3.05) is 18.4 Å². The van der Waals surface area contributed by atoms with Crippen LogP contribution >= 0.6 is 15.9 Å². The van der Waals surface area contributed by atoms with Gasteiger partial charge in [0.1, 0.15) is 0 Å². The van der Waals surface area contributed by atoms with Gasteiger partial charge in [0.2, 0.25) is 5.91 Å². The maximum Gasteiger partial charge on any atom is 0.223 e. The molecule has 0 bridgehead atoms. The molecule has 0 unspecified atom stereocenters. The lowest BCUT2D eigenvalue weighted by molar-refractivity contribution is -0.122. The molecule has 0 saturated heterocycles. The molecule has 1 amide bonds. The first kappa shape index (κ1) is 11.4. The average Bonchev–Trinajstić information content (AvgIpc) is 3.10. The van der Waals surface area contributed by atoms with Gasteiger partial charge in [0, 0.05) is 31.4 Å². The number of hydrogen-bond acceptors (Lipinski definition) is 3. The van der Waals surface area contributed by atoms with E-state index < -0.39 is 0 Å². The van der Waals surface area contributed by atoms with Gasteiger partial charge < -0.3 is 10.6 Å². The molecule has 0 aliphatic heterocycles. The molecule has 1 saturated carbocycles. The molecule has 16 heavy (non-hydrogen) atoms. The second-order valence-electron chi connectivity index (χ2n) is 3.85. The Kier molecular flexibility index (Phi) is 3.77. The Balaban J connectivity index is 1.67. The van der Waals surface area contributed by atoms with E-state index in [1.165, 1.54) is 0 Å². The summed E-state index contributed by atoms with van der Waals surface area (Å²) in [7, 11) is 0. The van der Waals surface area contributed by atoms with Crippen LogP contribution in [-0.4, -0.2) is 24.0 Å². The number of hydrogen-bond donors (Lipinski definition) is 2. The molecule has 0 spiro atoms. The molecule has 1 fully saturated rings. The van der Waals surface area contributed by atoms with Crippen molar-refractivity contribution in [2.24, 2.45) is 5.92 Å². The largest absolute Gasteiger partial charge is 0.382 e. The van der Waals surface area contributed by atoms with Crippen molar-refractivity contribution >= 4 is 27.5 Å². The van der Waals surface area contributed by atoms with Crippen molar-refractivity contribution < 1.29 is 4.79 Å². The molecule has 1 aliphatic rings. The Morgan fingerprint density at radius 2 is 2.31 bits per heavy atom. The zero-order valence-electron chi connectivity index (χ0n) is 8.87. The van der Waals surface area contributed by atoms with E-state index in [0.29, 0.717) is 6.54 Å².